The average molecular weight is 523 g/mol. The van der Waals surface area contributed by atoms with Crippen molar-refractivity contribution in [2.45, 2.75) is 41.9 Å². The van der Waals surface area contributed by atoms with E-state index in [4.69, 9.17) is 4.74 Å². The summed E-state index contributed by atoms with van der Waals surface area (Å²) in [6.07, 6.45) is -11.3. The number of imide groups is 1. The summed E-state index contributed by atoms with van der Waals surface area (Å²) in [6.45, 7) is 0.0880. The minimum atomic E-state index is -5.19. The maximum Gasteiger partial charge on any atom is 0.417 e. The third kappa shape index (κ3) is 5.60. The molecule has 2 amide bonds. The highest BCUT2D eigenvalue weighted by Crippen LogP contribution is 2.37. The highest BCUT2D eigenvalue weighted by molar-refractivity contribution is 7.92. The molecule has 2 aromatic rings. The van der Waals surface area contributed by atoms with Gasteiger partial charge in [-0.3, -0.25) is 4.79 Å². The zero-order valence-corrected chi connectivity index (χ0v) is 18.8. The first kappa shape index (κ1) is 26.5. The van der Waals surface area contributed by atoms with E-state index in [-0.39, 0.29) is 13.0 Å². The number of nitrogens with zero attached hydrogens (tertiary/aromatic N) is 1. The Balaban J connectivity index is 2.03. The van der Waals surface area contributed by atoms with Gasteiger partial charge in [-0.2, -0.15) is 26.3 Å². The Hall–Kier alpha value is -3.09. The molecule has 1 heterocycles. The van der Waals surface area contributed by atoms with E-state index in [0.717, 1.165) is 0 Å². The van der Waals surface area contributed by atoms with Crippen molar-refractivity contribution in [3.8, 4) is 0 Å². The van der Waals surface area contributed by atoms with Crippen LogP contribution < -0.4 is 0 Å². The Kier molecular flexibility index (Phi) is 7.21. The van der Waals surface area contributed by atoms with Crippen LogP contribution in [0.5, 0.6) is 0 Å². The van der Waals surface area contributed by atoms with E-state index in [1.54, 1.807) is 30.3 Å². The molecule has 3 rings (SSSR count). The fourth-order valence-corrected chi connectivity index (χ4v) is 5.55. The normalized spacial score (nSPS) is 18.8. The predicted octanol–water partition coefficient (Wildman–Crippen LogP) is 4.64. The molecule has 3 atom stereocenters. The zero-order chi connectivity index (χ0) is 26.2. The number of cyclic esters (lactones) is 1. The predicted molar refractivity (Wildman–Crippen MR) is 110 cm³/mol. The number of halogens is 6. The van der Waals surface area contributed by atoms with E-state index in [1.165, 1.54) is 0 Å². The molecular formula is C22H19F6NO5S. The highest BCUT2D eigenvalue weighted by Gasteiger charge is 2.54. The number of sulfone groups is 1. The molecule has 0 unspecified atom stereocenters. The van der Waals surface area contributed by atoms with Crippen LogP contribution in [0.1, 0.15) is 18.1 Å². The van der Waals surface area contributed by atoms with Gasteiger partial charge < -0.3 is 4.74 Å². The SMILES string of the molecule is C[C@H]([C@@H](C(=O)N1C(=O)OC[C@@H]1Cc1ccccc1)S(=O)(=O)c1ccc(C(F)(F)F)cc1)C(F)(F)F. The van der Waals surface area contributed by atoms with Crippen LogP contribution in [-0.2, 0) is 32.0 Å². The smallest absolute Gasteiger partial charge is 0.417 e. The van der Waals surface area contributed by atoms with E-state index in [0.29, 0.717) is 41.7 Å². The van der Waals surface area contributed by atoms with E-state index >= 15 is 0 Å². The first-order valence-corrected chi connectivity index (χ1v) is 11.7. The second-order valence-corrected chi connectivity index (χ2v) is 10.0. The molecule has 13 heteroatoms. The van der Waals surface area contributed by atoms with Crippen LogP contribution >= 0.6 is 0 Å². The molecule has 190 valence electrons. The number of carbonyl (C=O) groups excluding carboxylic acids is 2. The maximum absolute atomic E-state index is 13.7. The molecular weight excluding hydrogens is 504 g/mol. The van der Waals surface area contributed by atoms with Gasteiger partial charge in [0.15, 0.2) is 15.1 Å². The maximum atomic E-state index is 13.7. The lowest BCUT2D eigenvalue weighted by molar-refractivity contribution is -0.174. The second kappa shape index (κ2) is 9.51. The number of amides is 2. The van der Waals surface area contributed by atoms with Gasteiger partial charge in [-0.25, -0.2) is 18.1 Å². The minimum Gasteiger partial charge on any atom is -0.447 e. The molecule has 1 saturated heterocycles. The van der Waals surface area contributed by atoms with Crippen molar-refractivity contribution in [3.63, 3.8) is 0 Å². The first-order valence-electron chi connectivity index (χ1n) is 10.2. The van der Waals surface area contributed by atoms with Crippen LogP contribution in [0.3, 0.4) is 0 Å². The number of alkyl halides is 6. The Morgan fingerprint density at radius 3 is 2.11 bits per heavy atom. The molecule has 1 aliphatic heterocycles. The Morgan fingerprint density at radius 1 is 1.03 bits per heavy atom. The lowest BCUT2D eigenvalue weighted by atomic mass is 10.0. The van der Waals surface area contributed by atoms with E-state index in [2.05, 4.69) is 0 Å². The van der Waals surface area contributed by atoms with Crippen LogP contribution in [0, 0.1) is 5.92 Å². The number of benzene rings is 2. The van der Waals surface area contributed by atoms with Crippen molar-refractivity contribution < 1.29 is 49.1 Å². The first-order chi connectivity index (χ1) is 16.1. The molecule has 1 fully saturated rings. The summed E-state index contributed by atoms with van der Waals surface area (Å²) in [5.41, 5.74) is -0.617. The highest BCUT2D eigenvalue weighted by atomic mass is 32.2. The number of carbonyl (C=O) groups is 2. The number of ether oxygens (including phenoxy) is 1. The third-order valence-corrected chi connectivity index (χ3v) is 7.78. The Morgan fingerprint density at radius 2 is 1.60 bits per heavy atom. The summed E-state index contributed by atoms with van der Waals surface area (Å²) in [6, 6.07) is 8.93. The summed E-state index contributed by atoms with van der Waals surface area (Å²) in [5, 5.41) is -2.83. The van der Waals surface area contributed by atoms with Crippen LogP contribution in [0.2, 0.25) is 0 Å². The van der Waals surface area contributed by atoms with Crippen molar-refractivity contribution >= 4 is 21.8 Å². The number of hydrogen-bond donors (Lipinski definition) is 0. The summed E-state index contributed by atoms with van der Waals surface area (Å²) in [5.74, 6) is -4.45. The zero-order valence-electron chi connectivity index (χ0n) is 18.0. The van der Waals surface area contributed by atoms with Crippen molar-refractivity contribution in [3.05, 3.63) is 65.7 Å². The van der Waals surface area contributed by atoms with Gasteiger partial charge in [-0.15, -0.1) is 0 Å². The van der Waals surface area contributed by atoms with Gasteiger partial charge in [0.2, 0.25) is 0 Å². The topological polar surface area (TPSA) is 80.8 Å². The van der Waals surface area contributed by atoms with Gasteiger partial charge in [0, 0.05) is 0 Å². The van der Waals surface area contributed by atoms with Crippen molar-refractivity contribution in [1.82, 2.24) is 4.90 Å². The quantitative estimate of drug-likeness (QED) is 0.516. The Bertz CT molecular complexity index is 1180. The van der Waals surface area contributed by atoms with E-state index in [1.807, 2.05) is 0 Å². The molecule has 2 aromatic carbocycles. The summed E-state index contributed by atoms with van der Waals surface area (Å²) in [7, 11) is -5.19. The molecule has 0 aromatic heterocycles. The fraction of sp³-hybridized carbons (Fsp3) is 0.364. The summed E-state index contributed by atoms with van der Waals surface area (Å²) in [4.78, 5) is 25.0. The standard InChI is InChI=1S/C22H19F6NO5S/c1-13(21(23,24)25)18(35(32,33)17-9-7-15(8-10-17)22(26,27)28)19(30)29-16(12-34-20(29)31)11-14-5-3-2-4-6-14/h2-10,13,16,18H,11-12H2,1H3/t13-,16+,18+/m1/s1. The van der Waals surface area contributed by atoms with Crippen LogP contribution in [-0.4, -0.2) is 49.4 Å². The molecule has 0 N–H and O–H groups in total. The van der Waals surface area contributed by atoms with Crippen LogP contribution in [0.15, 0.2) is 59.5 Å². The van der Waals surface area contributed by atoms with Gasteiger partial charge >= 0.3 is 18.4 Å². The van der Waals surface area contributed by atoms with Gasteiger partial charge in [0.05, 0.1) is 22.4 Å². The molecule has 6 nitrogen and oxygen atoms in total. The molecule has 1 aliphatic rings. The van der Waals surface area contributed by atoms with Gasteiger partial charge in [0.25, 0.3) is 5.91 Å². The molecule has 0 saturated carbocycles. The number of rotatable bonds is 6. The largest absolute Gasteiger partial charge is 0.447 e. The molecule has 0 radical (unpaired) electrons. The summed E-state index contributed by atoms with van der Waals surface area (Å²) >= 11 is 0. The lowest BCUT2D eigenvalue weighted by Crippen LogP contribution is -2.53. The monoisotopic (exact) mass is 523 g/mol. The van der Waals surface area contributed by atoms with Crippen molar-refractivity contribution in [2.24, 2.45) is 5.92 Å². The molecule has 0 aliphatic carbocycles. The van der Waals surface area contributed by atoms with Crippen molar-refractivity contribution in [2.75, 3.05) is 6.61 Å². The van der Waals surface area contributed by atoms with E-state index < -0.39 is 61.9 Å². The lowest BCUT2D eigenvalue weighted by Gasteiger charge is -2.29. The summed E-state index contributed by atoms with van der Waals surface area (Å²) < 4.78 is 111. The molecule has 35 heavy (non-hydrogen) atoms. The molecule has 0 spiro atoms. The number of hydrogen-bond acceptors (Lipinski definition) is 5. The van der Waals surface area contributed by atoms with Crippen molar-refractivity contribution in [1.29, 1.82) is 0 Å². The van der Waals surface area contributed by atoms with Crippen LogP contribution in [0.4, 0.5) is 31.1 Å². The average Bonchev–Trinajstić information content (AvgIpc) is 3.13. The second-order valence-electron chi connectivity index (χ2n) is 7.95. The van der Waals surface area contributed by atoms with Gasteiger partial charge in [-0.05, 0) is 36.2 Å². The van der Waals surface area contributed by atoms with Crippen LogP contribution in [0.25, 0.3) is 0 Å². The third-order valence-electron chi connectivity index (χ3n) is 5.57. The Labute approximate surface area is 196 Å². The van der Waals surface area contributed by atoms with Gasteiger partial charge in [-0.1, -0.05) is 37.3 Å². The minimum absolute atomic E-state index is 0.00817. The molecule has 0 bridgehead atoms. The fourth-order valence-electron chi connectivity index (χ4n) is 3.67. The van der Waals surface area contributed by atoms with E-state index in [9.17, 15) is 44.3 Å². The van der Waals surface area contributed by atoms with Gasteiger partial charge in [0.1, 0.15) is 6.61 Å².